The van der Waals surface area contributed by atoms with Crippen LogP contribution >= 0.6 is 0 Å². The number of rotatable bonds is 4. The molecule has 158 valence electrons. The maximum Gasteiger partial charge on any atom is 0.490 e. The summed E-state index contributed by atoms with van der Waals surface area (Å²) in [5.41, 5.74) is 1.30. The van der Waals surface area contributed by atoms with E-state index in [1.165, 1.54) is 18.0 Å². The third-order valence-electron chi connectivity index (χ3n) is 4.44. The monoisotopic (exact) mass is 415 g/mol. The summed E-state index contributed by atoms with van der Waals surface area (Å²) in [5, 5.41) is 7.12. The summed E-state index contributed by atoms with van der Waals surface area (Å²) in [5.74, 6) is -2.20. The van der Waals surface area contributed by atoms with E-state index < -0.39 is 18.0 Å². The van der Waals surface area contributed by atoms with Crippen molar-refractivity contribution in [2.45, 2.75) is 25.1 Å². The zero-order chi connectivity index (χ0) is 21.4. The maximum atomic E-state index is 13.0. The first-order chi connectivity index (χ1) is 13.7. The number of anilines is 1. The number of alkyl halides is 3. The minimum absolute atomic E-state index is 0.233. The Hall–Kier alpha value is -2.75. The van der Waals surface area contributed by atoms with Crippen molar-refractivity contribution in [2.24, 2.45) is 5.92 Å². The number of benzene rings is 1. The number of hydrogen-bond acceptors (Lipinski definition) is 5. The highest BCUT2D eigenvalue weighted by atomic mass is 19.4. The van der Waals surface area contributed by atoms with Crippen LogP contribution in [0.15, 0.2) is 42.7 Å². The van der Waals surface area contributed by atoms with Crippen LogP contribution in [0.3, 0.4) is 0 Å². The molecule has 3 rings (SSSR count). The van der Waals surface area contributed by atoms with Crippen LogP contribution < -0.4 is 4.90 Å². The van der Waals surface area contributed by atoms with E-state index in [4.69, 9.17) is 14.6 Å². The van der Waals surface area contributed by atoms with Crippen LogP contribution in [0.5, 0.6) is 0 Å². The number of carboxylic acid groups (broad SMARTS) is 1. The van der Waals surface area contributed by atoms with Gasteiger partial charge in [-0.15, -0.1) is 0 Å². The Morgan fingerprint density at radius 3 is 2.34 bits per heavy atom. The molecular formula is C19H21F4N3O3. The van der Waals surface area contributed by atoms with Gasteiger partial charge >= 0.3 is 12.1 Å². The molecule has 1 aromatic heterocycles. The lowest BCUT2D eigenvalue weighted by Gasteiger charge is -2.38. The van der Waals surface area contributed by atoms with Crippen LogP contribution in [0.1, 0.15) is 12.0 Å². The molecule has 0 unspecified atom stereocenters. The molecule has 0 aliphatic carbocycles. The minimum atomic E-state index is -5.08. The van der Waals surface area contributed by atoms with Crippen LogP contribution in [0.25, 0.3) is 0 Å². The quantitative estimate of drug-likeness (QED) is 0.772. The number of halogens is 4. The number of hydrogen-bond donors (Lipinski definition) is 1. The zero-order valence-electron chi connectivity index (χ0n) is 15.6. The fourth-order valence-corrected chi connectivity index (χ4v) is 3.08. The number of aromatic nitrogens is 2. The van der Waals surface area contributed by atoms with Gasteiger partial charge in [0.1, 0.15) is 0 Å². The molecule has 0 saturated carbocycles. The molecule has 0 spiro atoms. The van der Waals surface area contributed by atoms with E-state index >= 15 is 0 Å². The van der Waals surface area contributed by atoms with Crippen LogP contribution in [-0.2, 0) is 16.0 Å². The van der Waals surface area contributed by atoms with Crippen molar-refractivity contribution in [2.75, 3.05) is 25.1 Å². The summed E-state index contributed by atoms with van der Waals surface area (Å²) in [6.45, 7) is 1.65. The highest BCUT2D eigenvalue weighted by molar-refractivity contribution is 5.73. The molecule has 2 heterocycles. The number of methoxy groups -OCH3 is 1. The number of nitrogens with zero attached hydrogens (tertiary/aromatic N) is 3. The van der Waals surface area contributed by atoms with Crippen LogP contribution in [0.2, 0.25) is 0 Å². The summed E-state index contributed by atoms with van der Waals surface area (Å²) < 4.78 is 50.4. The Morgan fingerprint density at radius 1 is 1.24 bits per heavy atom. The molecule has 1 saturated heterocycles. The second kappa shape index (κ2) is 10.1. The molecule has 1 aromatic carbocycles. The molecule has 2 aromatic rings. The van der Waals surface area contributed by atoms with Gasteiger partial charge in [0.05, 0.1) is 18.5 Å². The molecule has 1 N–H and O–H groups in total. The molecule has 29 heavy (non-hydrogen) atoms. The molecule has 0 bridgehead atoms. The average molecular weight is 415 g/mol. The largest absolute Gasteiger partial charge is 0.490 e. The van der Waals surface area contributed by atoms with Crippen LogP contribution in [-0.4, -0.2) is 53.5 Å². The SMILES string of the molecule is CO[C@@H]1CCN(c2ncc(F)cn2)C[C@@H]1Cc1ccccc1.O=C(O)C(F)(F)F. The zero-order valence-corrected chi connectivity index (χ0v) is 15.6. The minimum Gasteiger partial charge on any atom is -0.475 e. The molecule has 6 nitrogen and oxygen atoms in total. The predicted octanol–water partition coefficient (Wildman–Crippen LogP) is 3.33. The maximum absolute atomic E-state index is 13.0. The third-order valence-corrected chi connectivity index (χ3v) is 4.44. The molecule has 1 fully saturated rings. The Labute approximate surface area is 165 Å². The van der Waals surface area contributed by atoms with E-state index in [0.717, 1.165) is 25.9 Å². The van der Waals surface area contributed by atoms with Gasteiger partial charge in [0.2, 0.25) is 5.95 Å². The van der Waals surface area contributed by atoms with Gasteiger partial charge in [-0.25, -0.2) is 19.2 Å². The van der Waals surface area contributed by atoms with E-state index in [1.807, 2.05) is 6.07 Å². The van der Waals surface area contributed by atoms with Gasteiger partial charge < -0.3 is 14.7 Å². The van der Waals surface area contributed by atoms with Gasteiger partial charge in [-0.2, -0.15) is 13.2 Å². The Kier molecular flexibility index (Phi) is 7.89. The standard InChI is InChI=1S/C17H20FN3O.C2HF3O2/c1-22-16-7-8-21(17-19-10-15(18)11-20-17)12-14(16)9-13-5-3-2-4-6-13;3-2(4,5)1(6)7/h2-6,10-11,14,16H,7-9,12H2,1H3;(H,6,7)/t14-,16+;/m0./s1. The van der Waals surface area contributed by atoms with E-state index in [2.05, 4.69) is 39.1 Å². The van der Waals surface area contributed by atoms with Crippen molar-refractivity contribution < 1.29 is 32.2 Å². The van der Waals surface area contributed by atoms with E-state index in [1.54, 1.807) is 7.11 Å². The van der Waals surface area contributed by atoms with Crippen molar-refractivity contribution in [1.29, 1.82) is 0 Å². The molecule has 1 aliphatic heterocycles. The topological polar surface area (TPSA) is 75.5 Å². The summed E-state index contributed by atoms with van der Waals surface area (Å²) in [7, 11) is 1.77. The first kappa shape index (κ1) is 22.5. The van der Waals surface area contributed by atoms with Gasteiger partial charge in [0.15, 0.2) is 5.82 Å². The lowest BCUT2D eigenvalue weighted by atomic mass is 9.88. The van der Waals surface area contributed by atoms with Crippen molar-refractivity contribution in [3.63, 3.8) is 0 Å². The lowest BCUT2D eigenvalue weighted by Crippen LogP contribution is -2.45. The van der Waals surface area contributed by atoms with Crippen molar-refractivity contribution in [3.8, 4) is 0 Å². The smallest absolute Gasteiger partial charge is 0.475 e. The van der Waals surface area contributed by atoms with Crippen molar-refractivity contribution in [3.05, 3.63) is 54.1 Å². The summed E-state index contributed by atoms with van der Waals surface area (Å²) in [4.78, 5) is 19.2. The van der Waals surface area contributed by atoms with E-state index in [0.29, 0.717) is 11.9 Å². The molecule has 0 radical (unpaired) electrons. The summed E-state index contributed by atoms with van der Waals surface area (Å²) in [6, 6.07) is 10.4. The second-order valence-electron chi connectivity index (χ2n) is 6.46. The molecule has 10 heteroatoms. The van der Waals surface area contributed by atoms with Crippen molar-refractivity contribution in [1.82, 2.24) is 9.97 Å². The Morgan fingerprint density at radius 2 is 1.83 bits per heavy atom. The third kappa shape index (κ3) is 6.97. The molecular weight excluding hydrogens is 394 g/mol. The average Bonchev–Trinajstić information content (AvgIpc) is 2.69. The van der Waals surface area contributed by atoms with Crippen LogP contribution in [0.4, 0.5) is 23.5 Å². The van der Waals surface area contributed by atoms with E-state index in [-0.39, 0.29) is 6.10 Å². The lowest BCUT2D eigenvalue weighted by molar-refractivity contribution is -0.192. The number of piperidine rings is 1. The first-order valence-electron chi connectivity index (χ1n) is 8.80. The first-order valence-corrected chi connectivity index (χ1v) is 8.80. The molecule has 2 atom stereocenters. The molecule has 0 amide bonds. The predicted molar refractivity (Wildman–Crippen MR) is 96.9 cm³/mol. The van der Waals surface area contributed by atoms with Gasteiger partial charge in [0.25, 0.3) is 0 Å². The number of carboxylic acids is 1. The van der Waals surface area contributed by atoms with E-state index in [9.17, 15) is 17.6 Å². The fraction of sp³-hybridized carbons (Fsp3) is 0.421. The highest BCUT2D eigenvalue weighted by Crippen LogP contribution is 2.25. The van der Waals surface area contributed by atoms with Gasteiger partial charge in [-0.3, -0.25) is 0 Å². The second-order valence-corrected chi connectivity index (χ2v) is 6.46. The van der Waals surface area contributed by atoms with Gasteiger partial charge in [-0.1, -0.05) is 30.3 Å². The van der Waals surface area contributed by atoms with Gasteiger partial charge in [-0.05, 0) is 18.4 Å². The number of carbonyl (C=O) groups is 1. The highest BCUT2D eigenvalue weighted by Gasteiger charge is 2.38. The summed E-state index contributed by atoms with van der Waals surface area (Å²) >= 11 is 0. The number of ether oxygens (including phenoxy) is 1. The Balaban J connectivity index is 0.000000370. The Bertz CT molecular complexity index is 773. The van der Waals surface area contributed by atoms with Crippen molar-refractivity contribution >= 4 is 11.9 Å². The normalized spacial score (nSPS) is 19.3. The number of aliphatic carboxylic acids is 1. The fourth-order valence-electron chi connectivity index (χ4n) is 3.08. The summed E-state index contributed by atoms with van der Waals surface area (Å²) in [6.07, 6.45) is -0.531. The molecule has 1 aliphatic rings. The van der Waals surface area contributed by atoms with Gasteiger partial charge in [0, 0.05) is 26.1 Å². The van der Waals surface area contributed by atoms with Crippen LogP contribution in [0, 0.1) is 11.7 Å².